The largest absolute Gasteiger partial charge is 0.509 e. The Labute approximate surface area is 312 Å². The first-order valence-corrected chi connectivity index (χ1v) is 17.3. The molecule has 1 aliphatic heterocycles. The lowest BCUT2D eigenvalue weighted by Gasteiger charge is -2.48. The van der Waals surface area contributed by atoms with Gasteiger partial charge in [0.15, 0.2) is 17.3 Å². The van der Waals surface area contributed by atoms with Crippen molar-refractivity contribution in [1.82, 2.24) is 24.9 Å². The van der Waals surface area contributed by atoms with E-state index in [-0.39, 0.29) is 42.0 Å². The molecule has 2 amide bonds. The number of aliphatic hydroxyl groups excluding tert-OH is 1. The van der Waals surface area contributed by atoms with Crippen molar-refractivity contribution < 1.29 is 54.9 Å². The van der Waals surface area contributed by atoms with Crippen molar-refractivity contribution in [1.29, 1.82) is 0 Å². The van der Waals surface area contributed by atoms with E-state index in [9.17, 15) is 36.6 Å². The molecule has 0 atom stereocenters. The Balaban J connectivity index is 1.49. The minimum Gasteiger partial charge on any atom is -0.509 e. The Kier molecular flexibility index (Phi) is 12.1. The van der Waals surface area contributed by atoms with Crippen molar-refractivity contribution in [2.24, 2.45) is 0 Å². The number of benzene rings is 2. The molecule has 0 bridgehead atoms. The number of ether oxygens (including phenoxy) is 2. The number of hydrazine groups is 1. The lowest BCUT2D eigenvalue weighted by molar-refractivity contribution is -0.163. The number of alkyl halides is 5. The number of nitrogens with one attached hydrogen (secondary N) is 1. The van der Waals surface area contributed by atoms with Crippen LogP contribution in [0, 0.1) is 18.6 Å². The number of amides is 2. The minimum absolute atomic E-state index is 0.0416. The van der Waals surface area contributed by atoms with Gasteiger partial charge in [0.1, 0.15) is 24.3 Å². The standard InChI is InChI=1S/C37H41F7N6O5/c1-21-30(45-20-46-31(21)37(42,43)44)24-18-23(35(2,40)41)9-10-25(24)47-33(52)27-32(51)36(12-6-7-13-36)49(4)50(34(27)53)19-22-8-11-26(29(39)28(22)38)55-17-15-48(3)14-16-54-5/h8-11,18,20,51H,6-7,12-17,19H2,1-5H3,(H,47,52). The maximum Gasteiger partial charge on any atom is 0.433 e. The van der Waals surface area contributed by atoms with Gasteiger partial charge >= 0.3 is 6.18 Å². The van der Waals surface area contributed by atoms with Gasteiger partial charge < -0.3 is 24.8 Å². The maximum absolute atomic E-state index is 15.6. The Hall–Kier alpha value is -4.81. The average molecular weight is 783 g/mol. The second-order valence-electron chi connectivity index (χ2n) is 13.6. The van der Waals surface area contributed by atoms with E-state index in [1.54, 1.807) is 14.2 Å². The van der Waals surface area contributed by atoms with Crippen LogP contribution in [0.1, 0.15) is 55.0 Å². The molecule has 0 radical (unpaired) electrons. The molecule has 11 nitrogen and oxygen atoms in total. The Bertz CT molecular complexity index is 1960. The first-order valence-electron chi connectivity index (χ1n) is 17.3. The molecular formula is C37H41F7N6O5. The highest BCUT2D eigenvalue weighted by atomic mass is 19.4. The van der Waals surface area contributed by atoms with Crippen molar-refractivity contribution in [3.05, 3.63) is 82.0 Å². The van der Waals surface area contributed by atoms with E-state index in [1.165, 1.54) is 24.2 Å². The molecular weight excluding hydrogens is 741 g/mol. The van der Waals surface area contributed by atoms with Gasteiger partial charge in [0.25, 0.3) is 17.7 Å². The fourth-order valence-corrected chi connectivity index (χ4v) is 6.84. The van der Waals surface area contributed by atoms with Gasteiger partial charge in [0.2, 0.25) is 5.82 Å². The van der Waals surface area contributed by atoms with Crippen molar-refractivity contribution in [2.45, 2.75) is 63.7 Å². The lowest BCUT2D eigenvalue weighted by Crippen LogP contribution is -2.62. The predicted octanol–water partition coefficient (Wildman–Crippen LogP) is 6.77. The summed E-state index contributed by atoms with van der Waals surface area (Å²) >= 11 is 0. The van der Waals surface area contributed by atoms with Gasteiger partial charge in [-0.15, -0.1) is 0 Å². The highest BCUT2D eigenvalue weighted by Crippen LogP contribution is 2.45. The van der Waals surface area contributed by atoms with E-state index >= 15 is 8.78 Å². The molecule has 1 fully saturated rings. The molecule has 18 heteroatoms. The summed E-state index contributed by atoms with van der Waals surface area (Å²) in [5.74, 6) is -9.33. The molecule has 0 unspecified atom stereocenters. The fourth-order valence-electron chi connectivity index (χ4n) is 6.84. The smallest absolute Gasteiger partial charge is 0.433 e. The molecule has 2 aliphatic rings. The second-order valence-corrected chi connectivity index (χ2v) is 13.6. The fraction of sp³-hybridized carbons (Fsp3) is 0.459. The van der Waals surface area contributed by atoms with Gasteiger partial charge in [0, 0.05) is 56.4 Å². The molecule has 1 aromatic heterocycles. The van der Waals surface area contributed by atoms with Crippen LogP contribution in [-0.2, 0) is 33.0 Å². The van der Waals surface area contributed by atoms with E-state index in [0.29, 0.717) is 45.8 Å². The Morgan fingerprint density at radius 2 is 1.71 bits per heavy atom. The predicted molar refractivity (Wildman–Crippen MR) is 186 cm³/mol. The number of methoxy groups -OCH3 is 1. The third-order valence-electron chi connectivity index (χ3n) is 10.0. The number of anilines is 1. The molecule has 1 aliphatic carbocycles. The van der Waals surface area contributed by atoms with E-state index in [4.69, 9.17) is 9.47 Å². The van der Waals surface area contributed by atoms with Crippen LogP contribution in [0.5, 0.6) is 5.75 Å². The molecule has 1 saturated carbocycles. The summed E-state index contributed by atoms with van der Waals surface area (Å²) in [5.41, 5.74) is -5.88. The number of nitrogens with zero attached hydrogens (tertiary/aromatic N) is 5. The summed E-state index contributed by atoms with van der Waals surface area (Å²) in [4.78, 5) is 37.3. The zero-order chi connectivity index (χ0) is 40.5. The number of rotatable bonds is 13. The first kappa shape index (κ1) is 41.4. The summed E-state index contributed by atoms with van der Waals surface area (Å²) in [6.45, 7) is 2.55. The zero-order valence-electron chi connectivity index (χ0n) is 30.8. The van der Waals surface area contributed by atoms with E-state index < -0.39 is 81.5 Å². The number of hydrogen-bond donors (Lipinski definition) is 2. The zero-order valence-corrected chi connectivity index (χ0v) is 30.8. The number of aliphatic hydroxyl groups is 1. The van der Waals surface area contributed by atoms with Crippen LogP contribution in [0.2, 0.25) is 0 Å². The van der Waals surface area contributed by atoms with Crippen molar-refractivity contribution in [2.75, 3.05) is 52.8 Å². The highest BCUT2D eigenvalue weighted by molar-refractivity contribution is 6.24. The summed E-state index contributed by atoms with van der Waals surface area (Å²) in [5, 5.41) is 16.4. The topological polar surface area (TPSA) is 120 Å². The first-order chi connectivity index (χ1) is 25.8. The van der Waals surface area contributed by atoms with Crippen molar-refractivity contribution >= 4 is 17.5 Å². The number of carbonyl (C=O) groups excluding carboxylic acids is 2. The molecule has 55 heavy (non-hydrogen) atoms. The summed E-state index contributed by atoms with van der Waals surface area (Å²) < 4.78 is 112. The Morgan fingerprint density at radius 3 is 2.35 bits per heavy atom. The molecule has 1 spiro atoms. The number of halogens is 7. The molecule has 3 aromatic rings. The van der Waals surface area contributed by atoms with Gasteiger partial charge in [-0.3, -0.25) is 14.6 Å². The number of aromatic nitrogens is 2. The third kappa shape index (κ3) is 8.40. The minimum atomic E-state index is -4.93. The molecule has 2 aromatic carbocycles. The monoisotopic (exact) mass is 782 g/mol. The van der Waals surface area contributed by atoms with Crippen LogP contribution in [-0.4, -0.2) is 94.9 Å². The van der Waals surface area contributed by atoms with Crippen LogP contribution in [0.15, 0.2) is 48.0 Å². The number of hydrogen-bond acceptors (Lipinski definition) is 9. The third-order valence-corrected chi connectivity index (χ3v) is 10.0. The summed E-state index contributed by atoms with van der Waals surface area (Å²) in [7, 11) is 4.83. The van der Waals surface area contributed by atoms with Gasteiger partial charge in [-0.1, -0.05) is 25.0 Å². The number of likely N-dealkylation sites (N-methyl/N-ethyl adjacent to an activating group) is 2. The molecule has 5 rings (SSSR count). The van der Waals surface area contributed by atoms with Gasteiger partial charge in [-0.05, 0) is 45.0 Å². The van der Waals surface area contributed by atoms with Gasteiger partial charge in [-0.25, -0.2) is 28.1 Å². The Morgan fingerprint density at radius 1 is 1.04 bits per heavy atom. The molecule has 2 heterocycles. The van der Waals surface area contributed by atoms with Crippen LogP contribution in [0.4, 0.5) is 36.4 Å². The summed E-state index contributed by atoms with van der Waals surface area (Å²) in [6, 6.07) is 5.28. The van der Waals surface area contributed by atoms with E-state index in [1.807, 2.05) is 4.90 Å². The summed E-state index contributed by atoms with van der Waals surface area (Å²) in [6.07, 6.45) is -2.63. The quantitative estimate of drug-likeness (QED) is 0.143. The molecule has 2 N–H and O–H groups in total. The van der Waals surface area contributed by atoms with Crippen molar-refractivity contribution in [3.8, 4) is 17.0 Å². The lowest BCUT2D eigenvalue weighted by atomic mass is 9.88. The highest BCUT2D eigenvalue weighted by Gasteiger charge is 2.53. The molecule has 0 saturated heterocycles. The second kappa shape index (κ2) is 16.1. The van der Waals surface area contributed by atoms with Crippen LogP contribution < -0.4 is 10.1 Å². The van der Waals surface area contributed by atoms with Crippen LogP contribution >= 0.6 is 0 Å². The van der Waals surface area contributed by atoms with Crippen LogP contribution in [0.3, 0.4) is 0 Å². The van der Waals surface area contributed by atoms with Gasteiger partial charge in [-0.2, -0.15) is 17.6 Å². The maximum atomic E-state index is 15.6. The average Bonchev–Trinajstić information content (AvgIpc) is 3.62. The number of carbonyl (C=O) groups is 2. The SMILES string of the molecule is COCCN(C)CCOc1ccc(CN2C(=O)C(C(=O)Nc3ccc(C(C)(F)F)cc3-c3ncnc(C(F)(F)F)c3C)=C(O)C3(CCCC3)N2C)c(F)c1F. The van der Waals surface area contributed by atoms with E-state index in [0.717, 1.165) is 30.1 Å². The van der Waals surface area contributed by atoms with Crippen molar-refractivity contribution in [3.63, 3.8) is 0 Å². The van der Waals surface area contributed by atoms with Gasteiger partial charge in [0.05, 0.1) is 30.1 Å². The van der Waals surface area contributed by atoms with Crippen LogP contribution in [0.25, 0.3) is 11.3 Å². The van der Waals surface area contributed by atoms with E-state index in [2.05, 4.69) is 15.3 Å². The molecule has 298 valence electrons. The normalized spacial score (nSPS) is 16.5.